The Morgan fingerprint density at radius 1 is 0.793 bits per heavy atom. The van der Waals surface area contributed by atoms with Crippen LogP contribution in [0.15, 0.2) is 48.5 Å². The van der Waals surface area contributed by atoms with Crippen LogP contribution in [0.2, 0.25) is 0 Å². The number of fused-ring (bicyclic) bond motifs is 3. The molecular weight excluding hydrogens is 368 g/mol. The van der Waals surface area contributed by atoms with Gasteiger partial charge < -0.3 is 14.2 Å². The molecule has 0 aliphatic heterocycles. The summed E-state index contributed by atoms with van der Waals surface area (Å²) >= 11 is 0. The summed E-state index contributed by atoms with van der Waals surface area (Å²) in [6.45, 7) is 3.74. The Bertz CT molecular complexity index is 784. The topological polar surface area (TPSA) is 61.8 Å². The fourth-order valence-corrected chi connectivity index (χ4v) is 3.54. The SMILES string of the molecule is CC(=O)CCOCCOCCCC(=O)OCC1c2ccccc2-c2ccccc21. The van der Waals surface area contributed by atoms with Crippen LogP contribution in [0, 0.1) is 0 Å². The van der Waals surface area contributed by atoms with Crippen LogP contribution < -0.4 is 0 Å². The number of carbonyl (C=O) groups excluding carboxylic acids is 2. The van der Waals surface area contributed by atoms with Gasteiger partial charge in [-0.3, -0.25) is 9.59 Å². The van der Waals surface area contributed by atoms with E-state index in [1.165, 1.54) is 22.3 Å². The standard InChI is InChI=1S/C24H28O5/c1-18(25)12-14-28-16-15-27-13-6-11-24(26)29-17-23-21-9-4-2-7-19(21)20-8-3-5-10-22(20)23/h2-5,7-10,23H,6,11-17H2,1H3. The molecule has 1 aliphatic carbocycles. The molecule has 1 aliphatic rings. The van der Waals surface area contributed by atoms with Crippen molar-refractivity contribution in [2.75, 3.05) is 33.0 Å². The van der Waals surface area contributed by atoms with Crippen LogP contribution in [-0.2, 0) is 23.8 Å². The molecule has 5 nitrogen and oxygen atoms in total. The Morgan fingerprint density at radius 2 is 1.38 bits per heavy atom. The van der Waals surface area contributed by atoms with Gasteiger partial charge in [-0.1, -0.05) is 48.5 Å². The number of benzene rings is 2. The number of Topliss-reactive ketones (excluding diaryl/α,β-unsaturated/α-hetero) is 1. The van der Waals surface area contributed by atoms with Crippen LogP contribution in [0.1, 0.15) is 43.2 Å². The molecule has 0 unspecified atom stereocenters. The molecule has 0 N–H and O–H groups in total. The van der Waals surface area contributed by atoms with Crippen LogP contribution in [0.5, 0.6) is 0 Å². The molecule has 0 saturated carbocycles. The summed E-state index contributed by atoms with van der Waals surface area (Å²) < 4.78 is 16.3. The van der Waals surface area contributed by atoms with Gasteiger partial charge in [-0.2, -0.15) is 0 Å². The predicted octanol–water partition coefficient (Wildman–Crippen LogP) is 4.13. The van der Waals surface area contributed by atoms with Gasteiger partial charge in [0.2, 0.25) is 0 Å². The molecule has 0 fully saturated rings. The van der Waals surface area contributed by atoms with Crippen molar-refractivity contribution in [1.82, 2.24) is 0 Å². The van der Waals surface area contributed by atoms with E-state index < -0.39 is 0 Å². The van der Waals surface area contributed by atoms with Gasteiger partial charge in [0.25, 0.3) is 0 Å². The maximum Gasteiger partial charge on any atom is 0.305 e. The second-order valence-corrected chi connectivity index (χ2v) is 7.19. The van der Waals surface area contributed by atoms with Crippen molar-refractivity contribution < 1.29 is 23.8 Å². The number of ether oxygens (including phenoxy) is 3. The molecule has 0 atom stereocenters. The van der Waals surface area contributed by atoms with Crippen LogP contribution in [-0.4, -0.2) is 44.8 Å². The summed E-state index contributed by atoms with van der Waals surface area (Å²) in [5.74, 6) is 0.0110. The zero-order valence-electron chi connectivity index (χ0n) is 16.9. The normalized spacial score (nSPS) is 12.4. The van der Waals surface area contributed by atoms with Crippen molar-refractivity contribution in [2.45, 2.75) is 32.1 Å². The van der Waals surface area contributed by atoms with Gasteiger partial charge in [0.05, 0.1) is 19.8 Å². The van der Waals surface area contributed by atoms with Crippen molar-refractivity contribution >= 4 is 11.8 Å². The number of hydrogen-bond acceptors (Lipinski definition) is 5. The molecule has 0 amide bonds. The number of rotatable bonds is 12. The molecule has 0 saturated heterocycles. The maximum atomic E-state index is 12.1. The molecular formula is C24H28O5. The second-order valence-electron chi connectivity index (χ2n) is 7.19. The van der Waals surface area contributed by atoms with Crippen molar-refractivity contribution in [3.05, 3.63) is 59.7 Å². The van der Waals surface area contributed by atoms with E-state index in [2.05, 4.69) is 24.3 Å². The van der Waals surface area contributed by atoms with Crippen LogP contribution >= 0.6 is 0 Å². The summed E-state index contributed by atoms with van der Waals surface area (Å²) in [7, 11) is 0. The smallest absolute Gasteiger partial charge is 0.305 e. The zero-order valence-corrected chi connectivity index (χ0v) is 16.9. The molecule has 2 aromatic carbocycles. The highest BCUT2D eigenvalue weighted by molar-refractivity contribution is 5.79. The van der Waals surface area contributed by atoms with Gasteiger partial charge in [-0.25, -0.2) is 0 Å². The molecule has 0 aromatic heterocycles. The van der Waals surface area contributed by atoms with Gasteiger partial charge in [0, 0.05) is 25.4 Å². The lowest BCUT2D eigenvalue weighted by Crippen LogP contribution is -2.13. The minimum atomic E-state index is -0.201. The van der Waals surface area contributed by atoms with Crippen LogP contribution in [0.25, 0.3) is 11.1 Å². The van der Waals surface area contributed by atoms with E-state index >= 15 is 0 Å². The van der Waals surface area contributed by atoms with Crippen LogP contribution in [0.3, 0.4) is 0 Å². The maximum absolute atomic E-state index is 12.1. The highest BCUT2D eigenvalue weighted by Gasteiger charge is 2.28. The molecule has 0 spiro atoms. The first-order valence-electron chi connectivity index (χ1n) is 10.2. The molecule has 0 heterocycles. The summed E-state index contributed by atoms with van der Waals surface area (Å²) in [5.41, 5.74) is 4.88. The van der Waals surface area contributed by atoms with E-state index in [9.17, 15) is 9.59 Å². The van der Waals surface area contributed by atoms with E-state index in [1.807, 2.05) is 24.3 Å². The first-order valence-corrected chi connectivity index (χ1v) is 10.2. The van der Waals surface area contributed by atoms with E-state index in [1.54, 1.807) is 6.92 Å². The van der Waals surface area contributed by atoms with E-state index in [0.717, 1.165) is 0 Å². The molecule has 154 valence electrons. The Kier molecular flexibility index (Phi) is 7.96. The van der Waals surface area contributed by atoms with E-state index in [4.69, 9.17) is 14.2 Å². The molecule has 0 bridgehead atoms. The van der Waals surface area contributed by atoms with Crippen molar-refractivity contribution in [3.63, 3.8) is 0 Å². The summed E-state index contributed by atoms with van der Waals surface area (Å²) in [6, 6.07) is 16.6. The first kappa shape index (κ1) is 21.2. The lowest BCUT2D eigenvalue weighted by atomic mass is 9.98. The minimum Gasteiger partial charge on any atom is -0.465 e. The minimum absolute atomic E-state index is 0.0924. The Balaban J connectivity index is 1.35. The third kappa shape index (κ3) is 5.99. The first-order chi connectivity index (χ1) is 14.2. The van der Waals surface area contributed by atoms with Crippen molar-refractivity contribution in [3.8, 4) is 11.1 Å². The van der Waals surface area contributed by atoms with Crippen molar-refractivity contribution in [1.29, 1.82) is 0 Å². The fraction of sp³-hybridized carbons (Fsp3) is 0.417. The Hall–Kier alpha value is -2.50. The second kappa shape index (κ2) is 10.9. The number of hydrogen-bond donors (Lipinski definition) is 0. The predicted molar refractivity (Wildman–Crippen MR) is 111 cm³/mol. The van der Waals surface area contributed by atoms with Gasteiger partial charge in [0.15, 0.2) is 0 Å². The number of carbonyl (C=O) groups is 2. The average Bonchev–Trinajstić information content (AvgIpc) is 3.04. The summed E-state index contributed by atoms with van der Waals surface area (Å²) in [6.07, 6.45) is 1.38. The molecule has 0 radical (unpaired) electrons. The molecule has 2 aromatic rings. The van der Waals surface area contributed by atoms with Gasteiger partial charge in [-0.15, -0.1) is 0 Å². The highest BCUT2D eigenvalue weighted by atomic mass is 16.5. The number of ketones is 1. The van der Waals surface area contributed by atoms with E-state index in [0.29, 0.717) is 52.3 Å². The third-order valence-corrected chi connectivity index (χ3v) is 5.01. The van der Waals surface area contributed by atoms with E-state index in [-0.39, 0.29) is 17.7 Å². The number of esters is 1. The van der Waals surface area contributed by atoms with Gasteiger partial charge >= 0.3 is 5.97 Å². The van der Waals surface area contributed by atoms with Gasteiger partial charge in [-0.05, 0) is 35.6 Å². The summed E-state index contributed by atoms with van der Waals surface area (Å²) in [4.78, 5) is 22.9. The van der Waals surface area contributed by atoms with Gasteiger partial charge in [0.1, 0.15) is 12.4 Å². The highest BCUT2D eigenvalue weighted by Crippen LogP contribution is 2.44. The molecule has 29 heavy (non-hydrogen) atoms. The van der Waals surface area contributed by atoms with Crippen LogP contribution in [0.4, 0.5) is 0 Å². The lowest BCUT2D eigenvalue weighted by Gasteiger charge is -2.14. The lowest BCUT2D eigenvalue weighted by molar-refractivity contribution is -0.144. The molecule has 5 heteroatoms. The molecule has 3 rings (SSSR count). The average molecular weight is 396 g/mol. The monoisotopic (exact) mass is 396 g/mol. The Labute approximate surface area is 172 Å². The third-order valence-electron chi connectivity index (χ3n) is 5.01. The zero-order chi connectivity index (χ0) is 20.5. The quantitative estimate of drug-likeness (QED) is 0.399. The Morgan fingerprint density at radius 3 is 2.00 bits per heavy atom. The van der Waals surface area contributed by atoms with Crippen molar-refractivity contribution in [2.24, 2.45) is 0 Å². The largest absolute Gasteiger partial charge is 0.465 e. The summed E-state index contributed by atoms with van der Waals surface area (Å²) in [5, 5.41) is 0. The fourth-order valence-electron chi connectivity index (χ4n) is 3.54.